The summed E-state index contributed by atoms with van der Waals surface area (Å²) in [5.41, 5.74) is 5.85. The van der Waals surface area contributed by atoms with Crippen LogP contribution in [0.25, 0.3) is 0 Å². The van der Waals surface area contributed by atoms with Crippen molar-refractivity contribution in [3.8, 4) is 0 Å². The van der Waals surface area contributed by atoms with Crippen LogP contribution in [0.1, 0.15) is 28.9 Å². The Kier molecular flexibility index (Phi) is 8.33. The summed E-state index contributed by atoms with van der Waals surface area (Å²) in [6.45, 7) is 0. The highest BCUT2D eigenvalue weighted by Gasteiger charge is 2.60. The molecule has 3 aromatic carbocycles. The van der Waals surface area contributed by atoms with E-state index in [-0.39, 0.29) is 17.4 Å². The molecule has 1 unspecified atom stereocenters. The summed E-state index contributed by atoms with van der Waals surface area (Å²) < 4.78 is 30.8. The fourth-order valence-electron chi connectivity index (χ4n) is 5.63. The number of fused-ring (bicyclic) bond motifs is 1. The van der Waals surface area contributed by atoms with Crippen LogP contribution in [-0.2, 0) is 39.5 Å². The van der Waals surface area contributed by atoms with Gasteiger partial charge in [0.15, 0.2) is 25.7 Å². The molecule has 2 aliphatic heterocycles. The number of aromatic nitrogens is 2. The van der Waals surface area contributed by atoms with Gasteiger partial charge in [-0.05, 0) is 0 Å². The normalized spacial score (nSPS) is 19.6. The molecule has 4 N–H and O–H groups in total. The lowest BCUT2D eigenvalue weighted by atomic mass is 9.80. The van der Waals surface area contributed by atoms with Gasteiger partial charge in [-0.15, -0.1) is 0 Å². The van der Waals surface area contributed by atoms with Gasteiger partial charge in [-0.25, -0.2) is 13.2 Å². The second kappa shape index (κ2) is 12.3. The first kappa shape index (κ1) is 31.9. The van der Waals surface area contributed by atoms with Gasteiger partial charge in [0.05, 0.1) is 11.8 Å². The third kappa shape index (κ3) is 5.64. The molecule has 0 aliphatic carbocycles. The van der Waals surface area contributed by atoms with E-state index >= 15 is 0 Å². The van der Waals surface area contributed by atoms with Crippen molar-refractivity contribution in [2.45, 2.75) is 22.3 Å². The largest absolute Gasteiger partial charge is 0.477 e. The highest BCUT2D eigenvalue weighted by molar-refractivity contribution is 8.03. The second-order valence-corrected chi connectivity index (χ2v) is 14.7. The van der Waals surface area contributed by atoms with Crippen LogP contribution < -0.4 is 11.1 Å². The molecule has 0 saturated carbocycles. The molecule has 47 heavy (non-hydrogen) atoms. The smallest absolute Gasteiger partial charge is 0.353 e. The monoisotopic (exact) mass is 690 g/mol. The van der Waals surface area contributed by atoms with Gasteiger partial charge in [0.25, 0.3) is 5.91 Å². The molecule has 1 saturated heterocycles. The Morgan fingerprint density at radius 1 is 1.04 bits per heavy atom. The number of hydrogen-bond donors (Lipinski definition) is 3. The molecule has 0 spiro atoms. The number of oxime groups is 1. The number of thioether (sulfide) groups is 1. The van der Waals surface area contributed by atoms with E-state index in [1.165, 1.54) is 0 Å². The van der Waals surface area contributed by atoms with E-state index in [1.807, 2.05) is 91.0 Å². The van der Waals surface area contributed by atoms with Crippen LogP contribution in [0.3, 0.4) is 0 Å². The third-order valence-electron chi connectivity index (χ3n) is 7.52. The molecule has 4 aromatic rings. The zero-order chi connectivity index (χ0) is 33.4. The molecule has 2 atom stereocenters. The number of β-lactam (4-membered cyclic amide) rings is 1. The van der Waals surface area contributed by atoms with Crippen molar-refractivity contribution >= 4 is 62.3 Å². The molecule has 3 heterocycles. The predicted molar refractivity (Wildman–Crippen MR) is 175 cm³/mol. The summed E-state index contributed by atoms with van der Waals surface area (Å²) in [5, 5.41) is 16.0. The van der Waals surface area contributed by atoms with E-state index in [9.17, 15) is 27.9 Å². The number of carbonyl (C=O) groups excluding carboxylic acids is 2. The molecule has 240 valence electrons. The Balaban J connectivity index is 1.45. The number of carboxylic acids is 1. The average Bonchev–Trinajstić information content (AvgIpc) is 3.50. The maximum absolute atomic E-state index is 13.7. The average molecular weight is 691 g/mol. The standard InChI is InChI=1S/C31H26N6O7S3/c1-47(42,43)26-25(27(40)41)37-23(39)17-24(37)45-31(26,28-34-29(32)46-36-28)35-22(38)18-33-44-30(19-11-5-2-6-12-19,20-13-7-3-8-14-20)21-15-9-4-10-16-21/h2-16,18,24H,17H2,1H3,(H,35,38)(H,40,41)(H2,32,34,36)/b33-18-/t24-,31?/m1/s1. The molecule has 0 radical (unpaired) electrons. The zero-order valence-electron chi connectivity index (χ0n) is 24.5. The summed E-state index contributed by atoms with van der Waals surface area (Å²) in [4.78, 5) is 47.0. The lowest BCUT2D eigenvalue weighted by Gasteiger charge is -2.50. The van der Waals surface area contributed by atoms with E-state index in [1.54, 1.807) is 0 Å². The van der Waals surface area contributed by atoms with E-state index in [0.717, 1.165) is 40.7 Å². The minimum absolute atomic E-state index is 0.0542. The predicted octanol–water partition coefficient (Wildman–Crippen LogP) is 3.03. The van der Waals surface area contributed by atoms with E-state index in [0.29, 0.717) is 16.7 Å². The molecule has 2 aliphatic rings. The van der Waals surface area contributed by atoms with Gasteiger partial charge in [0.2, 0.25) is 11.5 Å². The quantitative estimate of drug-likeness (QED) is 0.0958. The number of nitrogens with two attached hydrogens (primary N) is 1. The second-order valence-electron chi connectivity index (χ2n) is 10.5. The highest BCUT2D eigenvalue weighted by Crippen LogP contribution is 2.55. The number of nitrogen functional groups attached to an aromatic ring is 1. The number of amides is 2. The van der Waals surface area contributed by atoms with Gasteiger partial charge in [0, 0.05) is 34.5 Å². The van der Waals surface area contributed by atoms with Crippen LogP contribution in [-0.4, -0.2) is 63.4 Å². The highest BCUT2D eigenvalue weighted by atomic mass is 32.2. The number of benzene rings is 3. The molecule has 1 aromatic heterocycles. The first-order valence-corrected chi connectivity index (χ1v) is 17.5. The number of nitrogens with zero attached hydrogens (tertiary/aromatic N) is 4. The Bertz CT molecular complexity index is 1920. The number of rotatable bonds is 10. The fraction of sp³-hybridized carbons (Fsp3) is 0.161. The van der Waals surface area contributed by atoms with Crippen molar-refractivity contribution in [1.82, 2.24) is 19.6 Å². The van der Waals surface area contributed by atoms with Crippen LogP contribution in [0, 0.1) is 0 Å². The molecule has 0 bridgehead atoms. The molecular formula is C31H26N6O7S3. The number of carboxylic acid groups (broad SMARTS) is 1. The zero-order valence-corrected chi connectivity index (χ0v) is 27.0. The fourth-order valence-corrected chi connectivity index (χ4v) is 9.50. The van der Waals surface area contributed by atoms with Crippen LogP contribution in [0.5, 0.6) is 0 Å². The van der Waals surface area contributed by atoms with Crippen molar-refractivity contribution < 1.29 is 32.7 Å². The minimum atomic E-state index is -4.43. The van der Waals surface area contributed by atoms with Crippen molar-refractivity contribution in [3.63, 3.8) is 0 Å². The summed E-state index contributed by atoms with van der Waals surface area (Å²) in [6, 6.07) is 27.8. The summed E-state index contributed by atoms with van der Waals surface area (Å²) >= 11 is 1.54. The van der Waals surface area contributed by atoms with Crippen LogP contribution >= 0.6 is 23.3 Å². The van der Waals surface area contributed by atoms with Crippen molar-refractivity contribution in [3.05, 3.63) is 124 Å². The van der Waals surface area contributed by atoms with Crippen molar-refractivity contribution in [1.29, 1.82) is 0 Å². The van der Waals surface area contributed by atoms with Crippen molar-refractivity contribution in [2.24, 2.45) is 5.16 Å². The lowest BCUT2D eigenvalue weighted by Crippen LogP contribution is -2.62. The number of nitrogens with one attached hydrogen (secondary N) is 1. The van der Waals surface area contributed by atoms with Crippen LogP contribution in [0.4, 0.5) is 5.13 Å². The molecule has 6 rings (SSSR count). The van der Waals surface area contributed by atoms with Crippen LogP contribution in [0.15, 0.2) is 107 Å². The molecule has 2 amide bonds. The van der Waals surface area contributed by atoms with Gasteiger partial charge in [-0.1, -0.05) is 108 Å². The van der Waals surface area contributed by atoms with E-state index in [4.69, 9.17) is 10.6 Å². The first-order chi connectivity index (χ1) is 22.5. The maximum atomic E-state index is 13.7. The Hall–Kier alpha value is -5.06. The van der Waals surface area contributed by atoms with Crippen molar-refractivity contribution in [2.75, 3.05) is 12.0 Å². The lowest BCUT2D eigenvalue weighted by molar-refractivity contribution is -0.146. The number of aliphatic carboxylic acids is 1. The molecule has 1 fully saturated rings. The summed E-state index contributed by atoms with van der Waals surface area (Å²) in [5.74, 6) is -3.49. The Morgan fingerprint density at radius 2 is 1.57 bits per heavy atom. The maximum Gasteiger partial charge on any atom is 0.353 e. The molecule has 13 nitrogen and oxygen atoms in total. The third-order valence-corrected chi connectivity index (χ3v) is 10.9. The van der Waals surface area contributed by atoms with E-state index in [2.05, 4.69) is 19.8 Å². The van der Waals surface area contributed by atoms with Gasteiger partial charge >= 0.3 is 5.97 Å². The number of anilines is 1. The minimum Gasteiger partial charge on any atom is -0.477 e. The van der Waals surface area contributed by atoms with E-state index < -0.39 is 54.1 Å². The number of carbonyl (C=O) groups is 3. The first-order valence-electron chi connectivity index (χ1n) is 14.0. The summed E-state index contributed by atoms with van der Waals surface area (Å²) in [6.07, 6.45) is 1.49. The summed E-state index contributed by atoms with van der Waals surface area (Å²) in [7, 11) is -4.43. The van der Waals surface area contributed by atoms with Gasteiger partial charge in [-0.3, -0.25) is 14.5 Å². The molecular weight excluding hydrogens is 665 g/mol. The van der Waals surface area contributed by atoms with Gasteiger partial charge in [-0.2, -0.15) is 9.36 Å². The Labute approximate surface area is 277 Å². The molecule has 16 heteroatoms. The number of sulfone groups is 1. The Morgan fingerprint density at radius 3 is 2.00 bits per heavy atom. The SMILES string of the molecule is CS(=O)(=O)C1=C(C(=O)O)N2C(=O)C[C@H]2SC1(NC(=O)/C=N\OC(c1ccccc1)(c1ccccc1)c1ccccc1)c1nsc(N)n1. The number of hydrogen-bond acceptors (Lipinski definition) is 12. The van der Waals surface area contributed by atoms with Crippen LogP contribution in [0.2, 0.25) is 0 Å². The topological polar surface area (TPSA) is 194 Å². The van der Waals surface area contributed by atoms with Gasteiger partial charge in [0.1, 0.15) is 16.8 Å². The van der Waals surface area contributed by atoms with Gasteiger partial charge < -0.3 is 21.0 Å².